The van der Waals surface area contributed by atoms with Crippen LogP contribution in [0.25, 0.3) is 0 Å². The van der Waals surface area contributed by atoms with Crippen molar-refractivity contribution < 1.29 is 28.5 Å². The van der Waals surface area contributed by atoms with E-state index in [1.807, 2.05) is 13.8 Å². The monoisotopic (exact) mass is 484 g/mol. The number of rotatable bonds is 10. The summed E-state index contributed by atoms with van der Waals surface area (Å²) in [6.45, 7) is 16.2. The van der Waals surface area contributed by atoms with Gasteiger partial charge in [0.2, 0.25) is 0 Å². The molecule has 6 nitrogen and oxygen atoms in total. The Labute approximate surface area is 208 Å². The lowest BCUT2D eigenvalue weighted by Crippen LogP contribution is -2.39. The molecule has 0 radical (unpaired) electrons. The largest absolute Gasteiger partial charge is 0.463 e. The van der Waals surface area contributed by atoms with Gasteiger partial charge in [0, 0.05) is 13.8 Å². The van der Waals surface area contributed by atoms with E-state index in [1.165, 1.54) is 78.1 Å². The van der Waals surface area contributed by atoms with Crippen LogP contribution in [0.5, 0.6) is 0 Å². The van der Waals surface area contributed by atoms with Crippen molar-refractivity contribution in [3.05, 3.63) is 0 Å². The lowest BCUT2D eigenvalue weighted by Gasteiger charge is -2.38. The summed E-state index contributed by atoms with van der Waals surface area (Å²) in [6.07, 6.45) is 12.8. The Kier molecular flexibility index (Phi) is 13.7. The molecule has 2 aliphatic rings. The van der Waals surface area contributed by atoms with E-state index in [0.717, 1.165) is 0 Å². The smallest absolute Gasteiger partial charge is 0.302 e. The molecule has 0 aromatic heterocycles. The SMILES string of the molecule is CC(=O)OC(C)COC(C)(C)C1CCCCC1.CC(=O)OCC(C)OC(C)(C)C1CCCCC1. The van der Waals surface area contributed by atoms with Crippen LogP contribution in [0.1, 0.15) is 120 Å². The van der Waals surface area contributed by atoms with Crippen LogP contribution < -0.4 is 0 Å². The molecule has 2 aliphatic carbocycles. The Balaban J connectivity index is 0.000000340. The van der Waals surface area contributed by atoms with Crippen LogP contribution in [0.2, 0.25) is 0 Å². The van der Waals surface area contributed by atoms with Crippen molar-refractivity contribution in [3.63, 3.8) is 0 Å². The van der Waals surface area contributed by atoms with Gasteiger partial charge in [-0.2, -0.15) is 0 Å². The molecule has 2 saturated carbocycles. The molecule has 0 heterocycles. The van der Waals surface area contributed by atoms with E-state index in [0.29, 0.717) is 25.0 Å². The highest BCUT2D eigenvalue weighted by Crippen LogP contribution is 2.36. The van der Waals surface area contributed by atoms with E-state index in [-0.39, 0.29) is 35.3 Å². The van der Waals surface area contributed by atoms with Gasteiger partial charge in [-0.05, 0) is 79.1 Å². The first kappa shape index (κ1) is 30.9. The summed E-state index contributed by atoms with van der Waals surface area (Å²) in [6, 6.07) is 0. The fourth-order valence-electron chi connectivity index (χ4n) is 5.25. The van der Waals surface area contributed by atoms with Gasteiger partial charge in [0.1, 0.15) is 12.7 Å². The molecule has 2 atom stereocenters. The van der Waals surface area contributed by atoms with E-state index in [9.17, 15) is 9.59 Å². The fraction of sp³-hybridized carbons (Fsp3) is 0.929. The molecule has 0 aromatic rings. The Morgan fingerprint density at radius 3 is 1.62 bits per heavy atom. The second kappa shape index (κ2) is 15.1. The summed E-state index contributed by atoms with van der Waals surface area (Å²) in [5.74, 6) is 0.796. The number of carbonyl (C=O) groups is 2. The topological polar surface area (TPSA) is 71.1 Å². The van der Waals surface area contributed by atoms with Crippen molar-refractivity contribution in [2.24, 2.45) is 11.8 Å². The Morgan fingerprint density at radius 2 is 1.18 bits per heavy atom. The third-order valence-corrected chi connectivity index (χ3v) is 7.26. The van der Waals surface area contributed by atoms with Crippen molar-refractivity contribution >= 4 is 11.9 Å². The summed E-state index contributed by atoms with van der Waals surface area (Å²) in [4.78, 5) is 21.5. The van der Waals surface area contributed by atoms with Crippen molar-refractivity contribution in [1.29, 1.82) is 0 Å². The van der Waals surface area contributed by atoms with Gasteiger partial charge in [-0.3, -0.25) is 9.59 Å². The molecule has 0 saturated heterocycles. The normalized spacial score (nSPS) is 20.0. The van der Waals surface area contributed by atoms with Gasteiger partial charge < -0.3 is 18.9 Å². The second-order valence-corrected chi connectivity index (χ2v) is 11.3. The Bertz CT molecular complexity index is 588. The zero-order valence-corrected chi connectivity index (χ0v) is 23.2. The zero-order valence-electron chi connectivity index (χ0n) is 23.2. The molecule has 0 amide bonds. The first-order chi connectivity index (χ1) is 15.8. The molecular weight excluding hydrogens is 432 g/mol. The van der Waals surface area contributed by atoms with Crippen LogP contribution >= 0.6 is 0 Å². The predicted octanol–water partition coefficient (Wildman–Crippen LogP) is 6.63. The minimum atomic E-state index is -0.240. The third-order valence-electron chi connectivity index (χ3n) is 7.26. The van der Waals surface area contributed by atoms with Gasteiger partial charge in [-0.1, -0.05) is 38.5 Å². The predicted molar refractivity (Wildman–Crippen MR) is 136 cm³/mol. The Morgan fingerprint density at radius 1 is 0.706 bits per heavy atom. The number of esters is 2. The lowest BCUT2D eigenvalue weighted by molar-refractivity contribution is -0.155. The summed E-state index contributed by atoms with van der Waals surface area (Å²) in [5.41, 5.74) is -0.213. The fourth-order valence-corrected chi connectivity index (χ4v) is 5.25. The Hall–Kier alpha value is -1.14. The van der Waals surface area contributed by atoms with E-state index >= 15 is 0 Å². The highest BCUT2D eigenvalue weighted by Gasteiger charge is 2.33. The molecule has 34 heavy (non-hydrogen) atoms. The molecule has 0 spiro atoms. The number of ether oxygens (including phenoxy) is 4. The van der Waals surface area contributed by atoms with Gasteiger partial charge in [-0.15, -0.1) is 0 Å². The number of hydrogen-bond acceptors (Lipinski definition) is 6. The molecule has 6 heteroatoms. The van der Waals surface area contributed by atoms with Crippen molar-refractivity contribution in [1.82, 2.24) is 0 Å². The summed E-state index contributed by atoms with van der Waals surface area (Å²) in [5, 5.41) is 0. The second-order valence-electron chi connectivity index (χ2n) is 11.3. The van der Waals surface area contributed by atoms with Crippen LogP contribution in [-0.2, 0) is 28.5 Å². The zero-order chi connectivity index (χ0) is 25.8. The van der Waals surface area contributed by atoms with Gasteiger partial charge in [-0.25, -0.2) is 0 Å². The highest BCUT2D eigenvalue weighted by molar-refractivity contribution is 5.66. The van der Waals surface area contributed by atoms with E-state index in [1.54, 1.807) is 0 Å². The van der Waals surface area contributed by atoms with E-state index in [4.69, 9.17) is 18.9 Å². The average molecular weight is 485 g/mol. The minimum Gasteiger partial charge on any atom is -0.463 e. The average Bonchev–Trinajstić information content (AvgIpc) is 2.77. The van der Waals surface area contributed by atoms with E-state index < -0.39 is 0 Å². The van der Waals surface area contributed by atoms with Crippen LogP contribution in [0, 0.1) is 11.8 Å². The molecule has 2 unspecified atom stereocenters. The maximum atomic E-state index is 10.8. The molecule has 0 N–H and O–H groups in total. The summed E-state index contributed by atoms with van der Waals surface area (Å²) >= 11 is 0. The van der Waals surface area contributed by atoms with Crippen molar-refractivity contribution in [3.8, 4) is 0 Å². The molecule has 0 aliphatic heterocycles. The summed E-state index contributed by atoms with van der Waals surface area (Å²) in [7, 11) is 0. The van der Waals surface area contributed by atoms with Crippen LogP contribution in [0.3, 0.4) is 0 Å². The van der Waals surface area contributed by atoms with E-state index in [2.05, 4.69) is 27.7 Å². The number of carbonyl (C=O) groups excluding carboxylic acids is 2. The summed E-state index contributed by atoms with van der Waals surface area (Å²) < 4.78 is 22.0. The molecular formula is C28H52O6. The van der Waals surface area contributed by atoms with Gasteiger partial charge >= 0.3 is 11.9 Å². The van der Waals surface area contributed by atoms with Crippen LogP contribution in [0.4, 0.5) is 0 Å². The van der Waals surface area contributed by atoms with Gasteiger partial charge in [0.05, 0.1) is 23.9 Å². The lowest BCUT2D eigenvalue weighted by atomic mass is 9.78. The highest BCUT2D eigenvalue weighted by atomic mass is 16.6. The third kappa shape index (κ3) is 12.5. The van der Waals surface area contributed by atoms with Gasteiger partial charge in [0.15, 0.2) is 0 Å². The first-order valence-electron chi connectivity index (χ1n) is 13.5. The molecule has 2 rings (SSSR count). The number of hydrogen-bond donors (Lipinski definition) is 0. The minimum absolute atomic E-state index is 0.0316. The standard InChI is InChI=1S/2C14H26O3/c1-11(17-12(2)15)10-16-14(3,4)13-8-6-5-7-9-13;1-11(10-16-12(2)15)17-14(3,4)13-8-6-5-7-9-13/h2*11,13H,5-10H2,1-4H3. The first-order valence-corrected chi connectivity index (χ1v) is 13.5. The molecule has 0 aromatic carbocycles. The van der Waals surface area contributed by atoms with Crippen LogP contribution in [-0.4, -0.2) is 48.6 Å². The maximum Gasteiger partial charge on any atom is 0.302 e. The quantitative estimate of drug-likeness (QED) is 0.324. The molecule has 0 bridgehead atoms. The van der Waals surface area contributed by atoms with Crippen molar-refractivity contribution in [2.75, 3.05) is 13.2 Å². The molecule has 200 valence electrons. The van der Waals surface area contributed by atoms with Gasteiger partial charge in [0.25, 0.3) is 0 Å². The van der Waals surface area contributed by atoms with Crippen LogP contribution in [0.15, 0.2) is 0 Å². The maximum absolute atomic E-state index is 10.8. The molecule has 2 fully saturated rings. The van der Waals surface area contributed by atoms with Crippen molar-refractivity contribution in [2.45, 2.75) is 143 Å².